The molecule has 2 N–H and O–H groups in total. The lowest BCUT2D eigenvalue weighted by Crippen LogP contribution is -2.44. The summed E-state index contributed by atoms with van der Waals surface area (Å²) in [5.74, 6) is -2.81. The van der Waals surface area contributed by atoms with Gasteiger partial charge in [0.25, 0.3) is 11.6 Å². The fourth-order valence-corrected chi connectivity index (χ4v) is 1.61. The fraction of sp³-hybridized carbons (Fsp3) is 0.333. The first kappa shape index (κ1) is 15.5. The Morgan fingerprint density at radius 1 is 1.40 bits per heavy atom. The quantitative estimate of drug-likeness (QED) is 0.632. The van der Waals surface area contributed by atoms with Crippen molar-refractivity contribution in [3.05, 3.63) is 39.7 Å². The number of hydrogen-bond acceptors (Lipinski definition) is 4. The number of non-ortho nitro benzene ring substituents is 1. The third-order valence-electron chi connectivity index (χ3n) is 2.40. The number of nitro benzene ring substituents is 1. The van der Waals surface area contributed by atoms with Gasteiger partial charge in [0, 0.05) is 17.2 Å². The summed E-state index contributed by atoms with van der Waals surface area (Å²) in [6, 6.07) is 2.47. The van der Waals surface area contributed by atoms with Gasteiger partial charge in [-0.25, -0.2) is 4.39 Å². The van der Waals surface area contributed by atoms with Crippen molar-refractivity contribution in [2.75, 3.05) is 0 Å². The van der Waals surface area contributed by atoms with E-state index in [9.17, 15) is 24.1 Å². The van der Waals surface area contributed by atoms with Crippen molar-refractivity contribution in [3.63, 3.8) is 0 Å². The van der Waals surface area contributed by atoms with Crippen LogP contribution in [-0.4, -0.2) is 27.4 Å². The van der Waals surface area contributed by atoms with Gasteiger partial charge in [-0.15, -0.1) is 0 Å². The van der Waals surface area contributed by atoms with Crippen molar-refractivity contribution in [3.8, 4) is 0 Å². The van der Waals surface area contributed by atoms with Crippen LogP contribution in [0, 0.1) is 15.9 Å². The van der Waals surface area contributed by atoms with Crippen LogP contribution in [0.3, 0.4) is 0 Å². The standard InChI is InChI=1S/C12H13FN2O5/c1-12(2,6-10(16)17)14-11(18)7-3-8(13)5-9(4-7)15(19)20/h3-5H,6H2,1-2H3,(H,14,18)(H,16,17). The maximum Gasteiger partial charge on any atom is 0.305 e. The number of halogens is 1. The van der Waals surface area contributed by atoms with E-state index < -0.39 is 33.8 Å². The van der Waals surface area contributed by atoms with Gasteiger partial charge in [0.05, 0.1) is 17.4 Å². The number of nitrogens with zero attached hydrogens (tertiary/aromatic N) is 1. The number of hydrogen-bond donors (Lipinski definition) is 2. The van der Waals surface area contributed by atoms with E-state index in [1.807, 2.05) is 0 Å². The Morgan fingerprint density at radius 3 is 2.50 bits per heavy atom. The number of aliphatic carboxylic acids is 1. The number of carbonyl (C=O) groups is 2. The van der Waals surface area contributed by atoms with E-state index in [4.69, 9.17) is 5.11 Å². The van der Waals surface area contributed by atoms with Gasteiger partial charge in [-0.1, -0.05) is 0 Å². The lowest BCUT2D eigenvalue weighted by molar-refractivity contribution is -0.385. The number of carboxylic acids is 1. The lowest BCUT2D eigenvalue weighted by Gasteiger charge is -2.24. The zero-order chi connectivity index (χ0) is 15.5. The molecule has 0 unspecified atom stereocenters. The molecule has 0 fully saturated rings. The molecule has 0 saturated heterocycles. The van der Waals surface area contributed by atoms with Gasteiger partial charge < -0.3 is 10.4 Å². The summed E-state index contributed by atoms with van der Waals surface area (Å²) < 4.78 is 13.2. The Morgan fingerprint density at radius 2 is 2.00 bits per heavy atom. The molecule has 1 aromatic carbocycles. The molecule has 1 rings (SSSR count). The topological polar surface area (TPSA) is 110 Å². The summed E-state index contributed by atoms with van der Waals surface area (Å²) in [6.45, 7) is 2.96. The van der Waals surface area contributed by atoms with Crippen molar-refractivity contribution < 1.29 is 24.0 Å². The van der Waals surface area contributed by atoms with Crippen LogP contribution in [0.15, 0.2) is 18.2 Å². The van der Waals surface area contributed by atoms with E-state index in [2.05, 4.69) is 5.32 Å². The first-order valence-corrected chi connectivity index (χ1v) is 5.60. The number of nitro groups is 1. The van der Waals surface area contributed by atoms with Crippen LogP contribution < -0.4 is 5.32 Å². The molecule has 0 aliphatic rings. The second-order valence-corrected chi connectivity index (χ2v) is 4.86. The summed E-state index contributed by atoms with van der Waals surface area (Å²) in [4.78, 5) is 32.3. The molecule has 0 radical (unpaired) electrons. The number of benzene rings is 1. The number of carbonyl (C=O) groups excluding carboxylic acids is 1. The fourth-order valence-electron chi connectivity index (χ4n) is 1.61. The molecule has 20 heavy (non-hydrogen) atoms. The Hall–Kier alpha value is -2.51. The van der Waals surface area contributed by atoms with Crippen LogP contribution in [-0.2, 0) is 4.79 Å². The number of nitrogens with one attached hydrogen (secondary N) is 1. The summed E-state index contributed by atoms with van der Waals surface area (Å²) in [7, 11) is 0. The molecule has 8 heteroatoms. The zero-order valence-corrected chi connectivity index (χ0v) is 10.8. The van der Waals surface area contributed by atoms with Gasteiger partial charge in [0.15, 0.2) is 0 Å². The van der Waals surface area contributed by atoms with Crippen molar-refractivity contribution >= 4 is 17.6 Å². The monoisotopic (exact) mass is 284 g/mol. The molecule has 1 aromatic rings. The van der Waals surface area contributed by atoms with E-state index in [1.54, 1.807) is 0 Å². The van der Waals surface area contributed by atoms with Crippen LogP contribution in [0.25, 0.3) is 0 Å². The maximum atomic E-state index is 13.2. The largest absolute Gasteiger partial charge is 0.481 e. The summed E-state index contributed by atoms with van der Waals surface area (Å²) in [5, 5.41) is 21.7. The molecule has 1 amide bonds. The Balaban J connectivity index is 2.98. The second kappa shape index (κ2) is 5.64. The SMILES string of the molecule is CC(C)(CC(=O)O)NC(=O)c1cc(F)cc([N+](=O)[O-])c1. The highest BCUT2D eigenvalue weighted by molar-refractivity contribution is 5.95. The highest BCUT2D eigenvalue weighted by atomic mass is 19.1. The van der Waals surface area contributed by atoms with Crippen molar-refractivity contribution in [2.24, 2.45) is 0 Å². The van der Waals surface area contributed by atoms with E-state index in [0.717, 1.165) is 12.1 Å². The van der Waals surface area contributed by atoms with Crippen molar-refractivity contribution in [2.45, 2.75) is 25.8 Å². The molecule has 7 nitrogen and oxygen atoms in total. The van der Waals surface area contributed by atoms with Gasteiger partial charge >= 0.3 is 5.97 Å². The first-order valence-electron chi connectivity index (χ1n) is 5.60. The van der Waals surface area contributed by atoms with Crippen LogP contribution in [0.1, 0.15) is 30.6 Å². The first-order chi connectivity index (χ1) is 9.10. The van der Waals surface area contributed by atoms with E-state index in [0.29, 0.717) is 6.07 Å². The molecule has 0 saturated carbocycles. The maximum absolute atomic E-state index is 13.2. The predicted octanol–water partition coefficient (Wildman–Crippen LogP) is 1.72. The molecule has 108 valence electrons. The Kier molecular flexibility index (Phi) is 4.38. The number of carboxylic acid groups (broad SMARTS) is 1. The van der Waals surface area contributed by atoms with Gasteiger partial charge in [-0.3, -0.25) is 19.7 Å². The Bertz CT molecular complexity index is 571. The van der Waals surface area contributed by atoms with Crippen molar-refractivity contribution in [1.82, 2.24) is 5.32 Å². The van der Waals surface area contributed by atoms with Crippen LogP contribution >= 0.6 is 0 Å². The van der Waals surface area contributed by atoms with Crippen LogP contribution in [0.4, 0.5) is 10.1 Å². The van der Waals surface area contributed by atoms with Crippen molar-refractivity contribution in [1.29, 1.82) is 0 Å². The van der Waals surface area contributed by atoms with E-state index >= 15 is 0 Å². The molecule has 0 heterocycles. The zero-order valence-electron chi connectivity index (χ0n) is 10.8. The summed E-state index contributed by atoms with van der Waals surface area (Å²) >= 11 is 0. The Labute approximate surface area is 113 Å². The molecular weight excluding hydrogens is 271 g/mol. The molecular formula is C12H13FN2O5. The average Bonchev–Trinajstić information content (AvgIpc) is 2.25. The minimum Gasteiger partial charge on any atom is -0.481 e. The number of rotatable bonds is 5. The number of amides is 1. The van der Waals surface area contributed by atoms with Crippen LogP contribution in [0.2, 0.25) is 0 Å². The van der Waals surface area contributed by atoms with Crippen LogP contribution in [0.5, 0.6) is 0 Å². The lowest BCUT2D eigenvalue weighted by atomic mass is 10.00. The van der Waals surface area contributed by atoms with Gasteiger partial charge in [0.2, 0.25) is 0 Å². The second-order valence-electron chi connectivity index (χ2n) is 4.86. The van der Waals surface area contributed by atoms with Gasteiger partial charge in [-0.2, -0.15) is 0 Å². The smallest absolute Gasteiger partial charge is 0.305 e. The molecule has 0 spiro atoms. The van der Waals surface area contributed by atoms with E-state index in [-0.39, 0.29) is 12.0 Å². The normalized spacial score (nSPS) is 10.9. The predicted molar refractivity (Wildman–Crippen MR) is 66.9 cm³/mol. The molecule has 0 aliphatic heterocycles. The molecule has 0 aromatic heterocycles. The third kappa shape index (κ3) is 4.30. The summed E-state index contributed by atoms with van der Waals surface area (Å²) in [5.41, 5.74) is -1.86. The molecule has 0 atom stereocenters. The third-order valence-corrected chi connectivity index (χ3v) is 2.40. The highest BCUT2D eigenvalue weighted by Gasteiger charge is 2.25. The molecule has 0 aliphatic carbocycles. The summed E-state index contributed by atoms with van der Waals surface area (Å²) in [6.07, 6.45) is -0.337. The van der Waals surface area contributed by atoms with Gasteiger partial charge in [-0.05, 0) is 19.9 Å². The average molecular weight is 284 g/mol. The minimum atomic E-state index is -1.11. The highest BCUT2D eigenvalue weighted by Crippen LogP contribution is 2.17. The minimum absolute atomic E-state index is 0.241. The van der Waals surface area contributed by atoms with Gasteiger partial charge in [0.1, 0.15) is 5.82 Å². The molecule has 0 bridgehead atoms. The van der Waals surface area contributed by atoms with E-state index in [1.165, 1.54) is 13.8 Å².